The maximum Gasteiger partial charge on any atom is 0.247 e. The highest BCUT2D eigenvalue weighted by Gasteiger charge is 2.06. The van der Waals surface area contributed by atoms with Crippen molar-refractivity contribution in [1.82, 2.24) is 0 Å². The van der Waals surface area contributed by atoms with Gasteiger partial charge in [-0.25, -0.2) is 0 Å². The second-order valence-electron chi connectivity index (χ2n) is 1.53. The van der Waals surface area contributed by atoms with E-state index in [0.717, 1.165) is 0 Å². The first-order chi connectivity index (χ1) is 5.18. The Morgan fingerprint density at radius 2 is 2.70 bits per heavy atom. The molecule has 0 heterocycles. The Morgan fingerprint density at radius 3 is 3.10 bits per heavy atom. The molecule has 0 spiro atoms. The summed E-state index contributed by atoms with van der Waals surface area (Å²) in [7, 11) is -1.35. The summed E-state index contributed by atoms with van der Waals surface area (Å²) in [6.07, 6.45) is 3.67. The zero-order chi connectivity index (χ0) is 8.74. The summed E-state index contributed by atoms with van der Waals surface area (Å²) >= 11 is 0. The van der Waals surface area contributed by atoms with Crippen LogP contribution in [-0.4, -0.2) is 26.3 Å². The minimum Gasteiger partial charge on any atom is -0.333 e. The van der Waals surface area contributed by atoms with Crippen LogP contribution in [0.25, 0.3) is 0 Å². The van der Waals surface area contributed by atoms with E-state index < -0.39 is 7.57 Å². The number of hydrogen-bond acceptors (Lipinski definition) is 4. The van der Waals surface area contributed by atoms with Gasteiger partial charge < -0.3 is 13.9 Å². The molecule has 0 bridgehead atoms. The van der Waals surface area contributed by atoms with E-state index in [1.807, 2.05) is 6.07 Å². The van der Waals surface area contributed by atoms with Crippen LogP contribution in [0.15, 0.2) is 0 Å². The fourth-order valence-corrected chi connectivity index (χ4v) is 0.758. The average Bonchev–Trinajstić information content (AvgIpc) is 2.05. The molecule has 4 nitrogen and oxygen atoms in total. The van der Waals surface area contributed by atoms with Gasteiger partial charge in [0.2, 0.25) is 9.00 Å². The van der Waals surface area contributed by atoms with Gasteiger partial charge in [0.15, 0.2) is 0 Å². The molecule has 10 heavy (non-hydrogen) atoms. The first kappa shape index (κ1) is 7.77. The fraction of sp³-hybridized carbons (Fsp3) is 0.600. The predicted octanol–water partition coefficient (Wildman–Crippen LogP) is 0.750. The van der Waals surface area contributed by atoms with Gasteiger partial charge in [0, 0.05) is 7.11 Å². The lowest BCUT2D eigenvalue weighted by molar-refractivity contribution is 0.228. The van der Waals surface area contributed by atoms with Crippen molar-refractivity contribution < 1.29 is 13.9 Å². The Kier molecular flexibility index (Phi) is 3.48. The van der Waals surface area contributed by atoms with E-state index in [1.165, 1.54) is 7.11 Å². The Bertz CT molecular complexity index is 183. The van der Waals surface area contributed by atoms with Crippen molar-refractivity contribution in [3.05, 3.63) is 0 Å². The predicted molar refractivity (Wildman–Crippen MR) is 39.5 cm³/mol. The van der Waals surface area contributed by atoms with Crippen molar-refractivity contribution in [2.24, 2.45) is 0 Å². The van der Waals surface area contributed by atoms with Crippen LogP contribution in [0.1, 0.15) is 6.42 Å². The summed E-state index contributed by atoms with van der Waals surface area (Å²) in [5, 5.41) is 8.14. The maximum absolute atomic E-state index is 8.14. The van der Waals surface area contributed by atoms with E-state index in [1.54, 1.807) is 0 Å². The molecule has 0 rings (SSSR count). The van der Waals surface area contributed by atoms with Crippen LogP contribution in [0.2, 0.25) is 0 Å². The average molecular weight is 164 g/mol. The monoisotopic (exact) mass is 164 g/mol. The van der Waals surface area contributed by atoms with E-state index in [0.29, 0.717) is 0 Å². The first-order valence-corrected chi connectivity index (χ1v) is 4.37. The van der Waals surface area contributed by atoms with Crippen molar-refractivity contribution in [2.45, 2.75) is 6.42 Å². The van der Waals surface area contributed by atoms with Crippen LogP contribution < -0.4 is 0 Å². The van der Waals surface area contributed by atoms with Gasteiger partial charge in [-0.05, 0) is 6.30 Å². The van der Waals surface area contributed by atoms with E-state index in [9.17, 15) is 0 Å². The van der Waals surface area contributed by atoms with Crippen LogP contribution in [-0.2, 0) is 9.05 Å². The van der Waals surface area contributed by atoms with Crippen molar-refractivity contribution in [1.29, 1.82) is 6.69 Å². The van der Waals surface area contributed by atoms with Crippen molar-refractivity contribution in [3.63, 3.8) is 0 Å². The molecule has 0 aliphatic carbocycles. The van der Waals surface area contributed by atoms with Gasteiger partial charge >= 0.3 is 0 Å². The third-order valence-electron chi connectivity index (χ3n) is 0.780. The van der Waals surface area contributed by atoms with Crippen LogP contribution in [0.5, 0.6) is 0 Å². The third kappa shape index (κ3) is 4.54. The minimum absolute atomic E-state index is 0.181. The Hall–Kier alpha value is -0.330. The lowest BCUT2D eigenvalue weighted by Crippen LogP contribution is -1.93. The van der Waals surface area contributed by atoms with Gasteiger partial charge in [0.1, 0.15) is 0 Å². The fourth-order valence-electron chi connectivity index (χ4n) is 0.283. The molecule has 0 saturated heterocycles. The molecule has 58 valence electrons. The maximum atomic E-state index is 8.14. The zero-order valence-electron chi connectivity index (χ0n) is 6.74. The molecule has 1 atom stereocenters. The summed E-state index contributed by atoms with van der Waals surface area (Å²) in [6, 6.07) is 1.88. The molecule has 0 saturated carbocycles. The molecule has 0 aromatic carbocycles. The highest BCUT2D eigenvalue weighted by molar-refractivity contribution is 7.58. The van der Waals surface area contributed by atoms with Crippen molar-refractivity contribution in [3.8, 4) is 6.07 Å². The van der Waals surface area contributed by atoms with Crippen molar-refractivity contribution >= 4 is 13.9 Å². The molecule has 0 aliphatic heterocycles. The summed E-state index contributed by atoms with van der Waals surface area (Å²) < 4.78 is 16.2. The highest BCUT2D eigenvalue weighted by Crippen LogP contribution is 2.41. The van der Waals surface area contributed by atoms with Crippen LogP contribution in [0, 0.1) is 11.3 Å². The topological polar surface area (TPSA) is 62.5 Å². The van der Waals surface area contributed by atoms with Crippen LogP contribution >= 0.6 is 7.57 Å². The lowest BCUT2D eigenvalue weighted by atomic mass is 10.5. The molecule has 5 heteroatoms. The summed E-state index contributed by atoms with van der Waals surface area (Å²) in [5.41, 5.74) is 0. The minimum atomic E-state index is -2.70. The molecule has 0 aliphatic rings. The second-order valence-corrected chi connectivity index (χ2v) is 3.38. The van der Waals surface area contributed by atoms with Gasteiger partial charge in [-0.3, -0.25) is 0 Å². The van der Waals surface area contributed by atoms with Gasteiger partial charge in [0.25, 0.3) is 0 Å². The largest absolute Gasteiger partial charge is 0.333 e. The molecule has 0 aromatic rings. The zero-order valence-corrected chi connectivity index (χ0v) is 6.63. The molecule has 1 unspecified atom stereocenters. The molecular weight excluding hydrogens is 153 g/mol. The van der Waals surface area contributed by atoms with Crippen LogP contribution in [0.4, 0.5) is 0 Å². The lowest BCUT2D eigenvalue weighted by Gasteiger charge is -2.13. The Labute approximate surface area is 61.7 Å². The molecule has 0 radical (unpaired) electrons. The number of nitrogens with zero attached hydrogens (tertiary/aromatic N) is 1. The quantitative estimate of drug-likeness (QED) is 0.481. The SMILES string of the molecule is [2H]OP(=C)(OC)OCCC#N. The number of rotatable bonds is 5. The smallest absolute Gasteiger partial charge is 0.247 e. The standard InChI is InChI=1S/C5H10NO3P/c1-8-10(2,7)9-5-3-4-6/h7H,2-3,5H2,1H3/i/hD. The van der Waals surface area contributed by atoms with Crippen LogP contribution in [0.3, 0.4) is 0 Å². The summed E-state index contributed by atoms with van der Waals surface area (Å²) in [6.45, 7) is 0.181. The molecule has 0 amide bonds. The van der Waals surface area contributed by atoms with E-state index in [4.69, 9.17) is 15.7 Å². The molecular formula is C5H10NO3P. The second kappa shape index (κ2) is 4.48. The van der Waals surface area contributed by atoms with Gasteiger partial charge in [0.05, 0.1) is 19.1 Å². The molecule has 0 aromatic heterocycles. The number of nitriles is 1. The summed E-state index contributed by atoms with van der Waals surface area (Å²) in [5.74, 6) is 0. The van der Waals surface area contributed by atoms with Gasteiger partial charge in [-0.15, -0.1) is 0 Å². The number of hydrogen-bond donors (Lipinski definition) is 1. The van der Waals surface area contributed by atoms with Crippen molar-refractivity contribution in [2.75, 3.05) is 13.7 Å². The Morgan fingerprint density at radius 1 is 2.00 bits per heavy atom. The molecule has 0 fully saturated rings. The van der Waals surface area contributed by atoms with Gasteiger partial charge in [-0.2, -0.15) is 5.26 Å². The van der Waals surface area contributed by atoms with E-state index in [-0.39, 0.29) is 13.0 Å². The summed E-state index contributed by atoms with van der Waals surface area (Å²) in [4.78, 5) is 4.13. The van der Waals surface area contributed by atoms with Gasteiger partial charge in [-0.1, -0.05) is 0 Å². The third-order valence-corrected chi connectivity index (χ3v) is 1.91. The highest BCUT2D eigenvalue weighted by atomic mass is 31.2. The first-order valence-electron chi connectivity index (χ1n) is 3.05. The Balaban J connectivity index is 3.72. The molecule has 1 N–H and O–H groups in total. The van der Waals surface area contributed by atoms with E-state index >= 15 is 0 Å². The van der Waals surface area contributed by atoms with E-state index in [2.05, 4.69) is 11.2 Å². The normalized spacial score (nSPS) is 17.0.